The Kier molecular flexibility index (Phi) is 6.31. The van der Waals surface area contributed by atoms with Gasteiger partial charge in [0.2, 0.25) is 10.0 Å². The van der Waals surface area contributed by atoms with Gasteiger partial charge in [-0.3, -0.25) is 0 Å². The fourth-order valence-electron chi connectivity index (χ4n) is 2.06. The molecule has 0 saturated heterocycles. The van der Waals surface area contributed by atoms with Crippen molar-refractivity contribution in [1.82, 2.24) is 0 Å². The van der Waals surface area contributed by atoms with Crippen LogP contribution in [0.2, 0.25) is 0 Å². The standard InChI is InChI=1S/C11H23NO3S/c12-16(13,14)10-6-5-9-15-11-7-3-1-2-4-8-11/h11H,1-10H2,(H2,12,13,14). The van der Waals surface area contributed by atoms with Crippen molar-refractivity contribution < 1.29 is 13.2 Å². The normalized spacial score (nSPS) is 19.6. The summed E-state index contributed by atoms with van der Waals surface area (Å²) in [7, 11) is -3.29. The van der Waals surface area contributed by atoms with Gasteiger partial charge < -0.3 is 4.74 Å². The van der Waals surface area contributed by atoms with E-state index in [4.69, 9.17) is 9.88 Å². The third kappa shape index (κ3) is 7.19. The minimum Gasteiger partial charge on any atom is -0.378 e. The van der Waals surface area contributed by atoms with Crippen molar-refractivity contribution in [2.24, 2.45) is 5.14 Å². The van der Waals surface area contributed by atoms with Gasteiger partial charge in [0.1, 0.15) is 0 Å². The van der Waals surface area contributed by atoms with Crippen LogP contribution in [0.3, 0.4) is 0 Å². The summed E-state index contributed by atoms with van der Waals surface area (Å²) in [5, 5.41) is 4.91. The van der Waals surface area contributed by atoms with Crippen molar-refractivity contribution in [2.45, 2.75) is 57.5 Å². The molecule has 5 heteroatoms. The summed E-state index contributed by atoms with van der Waals surface area (Å²) in [5.41, 5.74) is 0. The van der Waals surface area contributed by atoms with Crippen LogP contribution in [0, 0.1) is 0 Å². The highest BCUT2D eigenvalue weighted by molar-refractivity contribution is 7.89. The molecule has 96 valence electrons. The van der Waals surface area contributed by atoms with Gasteiger partial charge in [-0.1, -0.05) is 25.7 Å². The highest BCUT2D eigenvalue weighted by Gasteiger charge is 2.12. The molecule has 0 aromatic heterocycles. The molecule has 0 aromatic rings. The molecule has 0 aromatic carbocycles. The van der Waals surface area contributed by atoms with Crippen molar-refractivity contribution in [2.75, 3.05) is 12.4 Å². The van der Waals surface area contributed by atoms with Gasteiger partial charge in [0.25, 0.3) is 0 Å². The molecule has 0 spiro atoms. The average Bonchev–Trinajstić information content (AvgIpc) is 2.44. The third-order valence-electron chi connectivity index (χ3n) is 2.98. The van der Waals surface area contributed by atoms with E-state index in [0.29, 0.717) is 19.1 Å². The fourth-order valence-corrected chi connectivity index (χ4v) is 2.67. The summed E-state index contributed by atoms with van der Waals surface area (Å²) in [4.78, 5) is 0. The van der Waals surface area contributed by atoms with Crippen LogP contribution in [0.4, 0.5) is 0 Å². The monoisotopic (exact) mass is 249 g/mol. The zero-order valence-corrected chi connectivity index (χ0v) is 10.7. The number of rotatable bonds is 6. The molecule has 1 rings (SSSR count). The lowest BCUT2D eigenvalue weighted by molar-refractivity contribution is 0.0416. The van der Waals surface area contributed by atoms with Crippen molar-refractivity contribution in [3.8, 4) is 0 Å². The Morgan fingerprint density at radius 2 is 1.69 bits per heavy atom. The molecule has 1 aliphatic carbocycles. The minimum atomic E-state index is -3.29. The molecule has 0 radical (unpaired) electrons. The molecule has 0 bridgehead atoms. The minimum absolute atomic E-state index is 0.0705. The second-order valence-corrected chi connectivity index (χ2v) is 6.29. The lowest BCUT2D eigenvalue weighted by Crippen LogP contribution is -2.17. The summed E-state index contributed by atoms with van der Waals surface area (Å²) < 4.78 is 27.1. The van der Waals surface area contributed by atoms with Crippen LogP contribution in [0.25, 0.3) is 0 Å². The number of unbranched alkanes of at least 4 members (excludes halogenated alkanes) is 1. The number of sulfonamides is 1. The summed E-state index contributed by atoms with van der Waals surface area (Å²) >= 11 is 0. The SMILES string of the molecule is NS(=O)(=O)CCCCOC1CCCCCC1. The van der Waals surface area contributed by atoms with Gasteiger partial charge in [-0.25, -0.2) is 13.6 Å². The van der Waals surface area contributed by atoms with Gasteiger partial charge in [-0.2, -0.15) is 0 Å². The second-order valence-electron chi connectivity index (χ2n) is 4.56. The van der Waals surface area contributed by atoms with Crippen LogP contribution in [-0.2, 0) is 14.8 Å². The first-order valence-electron chi connectivity index (χ1n) is 6.20. The second kappa shape index (κ2) is 7.25. The molecule has 1 fully saturated rings. The molecule has 0 unspecified atom stereocenters. The van der Waals surface area contributed by atoms with Gasteiger partial charge in [0, 0.05) is 6.61 Å². The average molecular weight is 249 g/mol. The number of hydrogen-bond donors (Lipinski definition) is 1. The van der Waals surface area contributed by atoms with E-state index in [1.54, 1.807) is 0 Å². The first-order chi connectivity index (χ1) is 7.58. The maximum absolute atomic E-state index is 10.7. The van der Waals surface area contributed by atoms with Crippen LogP contribution in [0.1, 0.15) is 51.4 Å². The maximum Gasteiger partial charge on any atom is 0.209 e. The van der Waals surface area contributed by atoms with Crippen LogP contribution in [-0.4, -0.2) is 26.9 Å². The molecule has 2 N–H and O–H groups in total. The number of nitrogens with two attached hydrogens (primary N) is 1. The van der Waals surface area contributed by atoms with Crippen LogP contribution in [0.5, 0.6) is 0 Å². The van der Waals surface area contributed by atoms with Crippen LogP contribution in [0.15, 0.2) is 0 Å². The molecule has 16 heavy (non-hydrogen) atoms. The molecule has 0 amide bonds. The third-order valence-corrected chi connectivity index (χ3v) is 3.84. The molecular weight excluding hydrogens is 226 g/mol. The van der Waals surface area contributed by atoms with E-state index in [9.17, 15) is 8.42 Å². The molecule has 0 atom stereocenters. The van der Waals surface area contributed by atoms with Gasteiger partial charge in [0.15, 0.2) is 0 Å². The van der Waals surface area contributed by atoms with Gasteiger partial charge in [-0.15, -0.1) is 0 Å². The lowest BCUT2D eigenvalue weighted by atomic mass is 10.1. The fraction of sp³-hybridized carbons (Fsp3) is 1.00. The summed E-state index contributed by atoms with van der Waals surface area (Å²) in [6.45, 7) is 0.667. The van der Waals surface area contributed by atoms with E-state index in [0.717, 1.165) is 19.3 Å². The molecule has 1 saturated carbocycles. The van der Waals surface area contributed by atoms with Crippen molar-refractivity contribution in [3.05, 3.63) is 0 Å². The Balaban J connectivity index is 2.01. The van der Waals surface area contributed by atoms with E-state index in [2.05, 4.69) is 0 Å². The van der Waals surface area contributed by atoms with Gasteiger partial charge in [-0.05, 0) is 25.7 Å². The molecule has 1 aliphatic rings. The Labute approximate surface area is 98.6 Å². The Bertz CT molecular complexity index is 269. The summed E-state index contributed by atoms with van der Waals surface area (Å²) in [5.74, 6) is 0.0705. The van der Waals surface area contributed by atoms with Gasteiger partial charge in [0.05, 0.1) is 11.9 Å². The first-order valence-corrected chi connectivity index (χ1v) is 7.91. The largest absolute Gasteiger partial charge is 0.378 e. The Hall–Kier alpha value is -0.130. The maximum atomic E-state index is 10.7. The van der Waals surface area contributed by atoms with E-state index in [-0.39, 0.29) is 5.75 Å². The number of primary sulfonamides is 1. The number of hydrogen-bond acceptors (Lipinski definition) is 3. The predicted molar refractivity (Wildman–Crippen MR) is 64.7 cm³/mol. The van der Waals surface area contributed by atoms with E-state index in [1.165, 1.54) is 25.7 Å². The van der Waals surface area contributed by atoms with E-state index >= 15 is 0 Å². The number of ether oxygens (including phenoxy) is 1. The van der Waals surface area contributed by atoms with Crippen molar-refractivity contribution >= 4 is 10.0 Å². The topological polar surface area (TPSA) is 69.4 Å². The summed E-state index contributed by atoms with van der Waals surface area (Å²) in [6, 6.07) is 0. The van der Waals surface area contributed by atoms with Crippen LogP contribution >= 0.6 is 0 Å². The van der Waals surface area contributed by atoms with Crippen molar-refractivity contribution in [1.29, 1.82) is 0 Å². The first kappa shape index (κ1) is 13.9. The van der Waals surface area contributed by atoms with E-state index in [1.807, 2.05) is 0 Å². The van der Waals surface area contributed by atoms with Gasteiger partial charge >= 0.3 is 0 Å². The zero-order valence-electron chi connectivity index (χ0n) is 9.86. The quantitative estimate of drug-likeness (QED) is 0.576. The lowest BCUT2D eigenvalue weighted by Gasteiger charge is -2.14. The summed E-state index contributed by atoms with van der Waals surface area (Å²) in [6.07, 6.45) is 9.29. The molecule has 0 aliphatic heterocycles. The predicted octanol–water partition coefficient (Wildman–Crippen LogP) is 1.79. The smallest absolute Gasteiger partial charge is 0.209 e. The van der Waals surface area contributed by atoms with Crippen molar-refractivity contribution in [3.63, 3.8) is 0 Å². The highest BCUT2D eigenvalue weighted by Crippen LogP contribution is 2.19. The molecular formula is C11H23NO3S. The van der Waals surface area contributed by atoms with E-state index < -0.39 is 10.0 Å². The Morgan fingerprint density at radius 1 is 1.06 bits per heavy atom. The van der Waals surface area contributed by atoms with Crippen LogP contribution < -0.4 is 5.14 Å². The Morgan fingerprint density at radius 3 is 2.25 bits per heavy atom. The molecule has 4 nitrogen and oxygen atoms in total. The molecule has 0 heterocycles. The zero-order chi connectivity index (χ0) is 11.9. The highest BCUT2D eigenvalue weighted by atomic mass is 32.2.